The van der Waals surface area contributed by atoms with Gasteiger partial charge in [-0.25, -0.2) is 13.8 Å². The second-order valence-electron chi connectivity index (χ2n) is 7.64. The number of hydrogen-bond donors (Lipinski definition) is 0. The molecule has 156 valence electrons. The number of carbonyl (C=O) groups excluding carboxylic acids is 1. The highest BCUT2D eigenvalue weighted by atomic mass is 19.2. The molecule has 0 aliphatic rings. The molecule has 5 heteroatoms. The number of carbonyl (C=O) groups is 1. The van der Waals surface area contributed by atoms with Gasteiger partial charge in [-0.05, 0) is 60.0 Å². The number of hydrogen-bond acceptors (Lipinski definition) is 2. The average molecular weight is 424 g/mol. The van der Waals surface area contributed by atoms with Crippen LogP contribution in [-0.2, 0) is 0 Å². The van der Waals surface area contributed by atoms with Crippen LogP contribution in [0.3, 0.4) is 0 Å². The number of aromatic nitrogens is 2. The normalized spacial score (nSPS) is 11.1. The lowest BCUT2D eigenvalue weighted by molar-refractivity contribution is 0.0965. The van der Waals surface area contributed by atoms with Gasteiger partial charge in [-0.3, -0.25) is 9.36 Å². The van der Waals surface area contributed by atoms with Crippen LogP contribution >= 0.6 is 0 Å². The summed E-state index contributed by atoms with van der Waals surface area (Å²) in [5, 5.41) is 0. The summed E-state index contributed by atoms with van der Waals surface area (Å²) in [4.78, 5) is 18.2. The molecule has 0 aliphatic heterocycles. The first-order valence-electron chi connectivity index (χ1n) is 10.2. The van der Waals surface area contributed by atoms with Gasteiger partial charge in [-0.15, -0.1) is 0 Å². The van der Waals surface area contributed by atoms with Crippen LogP contribution in [0.15, 0.2) is 91.0 Å². The predicted molar refractivity (Wildman–Crippen MR) is 121 cm³/mol. The zero-order chi connectivity index (χ0) is 22.2. The van der Waals surface area contributed by atoms with E-state index in [0.29, 0.717) is 16.9 Å². The van der Waals surface area contributed by atoms with Crippen LogP contribution in [0.1, 0.15) is 15.9 Å². The van der Waals surface area contributed by atoms with Crippen LogP contribution in [0.5, 0.6) is 0 Å². The van der Waals surface area contributed by atoms with Gasteiger partial charge >= 0.3 is 0 Å². The van der Waals surface area contributed by atoms with Gasteiger partial charge in [0.1, 0.15) is 5.82 Å². The third-order valence-corrected chi connectivity index (χ3v) is 5.41. The number of benzene rings is 4. The molecule has 0 aliphatic carbocycles. The molecule has 0 saturated heterocycles. The van der Waals surface area contributed by atoms with Crippen molar-refractivity contribution in [3.8, 4) is 22.5 Å². The largest absolute Gasteiger partial charge is 0.268 e. The molecule has 3 nitrogen and oxygen atoms in total. The van der Waals surface area contributed by atoms with Crippen LogP contribution in [0.2, 0.25) is 0 Å². The van der Waals surface area contributed by atoms with Crippen molar-refractivity contribution < 1.29 is 13.6 Å². The van der Waals surface area contributed by atoms with E-state index in [-0.39, 0.29) is 5.56 Å². The summed E-state index contributed by atoms with van der Waals surface area (Å²) < 4.78 is 28.8. The van der Waals surface area contributed by atoms with Gasteiger partial charge in [0.25, 0.3) is 5.91 Å². The Labute approximate surface area is 183 Å². The highest BCUT2D eigenvalue weighted by Crippen LogP contribution is 2.30. The molecule has 0 radical (unpaired) electrons. The number of rotatable bonds is 3. The molecule has 5 rings (SSSR count). The fraction of sp³-hybridized carbons (Fsp3) is 0.0370. The monoisotopic (exact) mass is 424 g/mol. The summed E-state index contributed by atoms with van der Waals surface area (Å²) >= 11 is 0. The summed E-state index contributed by atoms with van der Waals surface area (Å²) in [6, 6.07) is 26.4. The first-order chi connectivity index (χ1) is 15.5. The van der Waals surface area contributed by atoms with Crippen LogP contribution < -0.4 is 0 Å². The van der Waals surface area contributed by atoms with E-state index in [1.165, 1.54) is 10.6 Å². The standard InChI is InChI=1S/C27H18F2N2O/c1-17-10-13-25-24(14-17)30-26(31(25)27(32)21-11-12-22(28)23(29)16-21)20-9-5-8-19(15-20)18-6-3-2-4-7-18/h2-16H,1H3. The summed E-state index contributed by atoms with van der Waals surface area (Å²) in [6.07, 6.45) is 0. The minimum atomic E-state index is -1.07. The molecule has 4 aromatic carbocycles. The fourth-order valence-corrected chi connectivity index (χ4v) is 3.82. The highest BCUT2D eigenvalue weighted by Gasteiger charge is 2.21. The fourth-order valence-electron chi connectivity index (χ4n) is 3.82. The molecule has 0 spiro atoms. The second-order valence-corrected chi connectivity index (χ2v) is 7.64. The maximum atomic E-state index is 13.9. The molecular weight excluding hydrogens is 406 g/mol. The molecule has 5 aromatic rings. The lowest BCUT2D eigenvalue weighted by Gasteiger charge is -2.10. The molecule has 0 atom stereocenters. The lowest BCUT2D eigenvalue weighted by atomic mass is 10.0. The third-order valence-electron chi connectivity index (χ3n) is 5.41. The number of fused-ring (bicyclic) bond motifs is 1. The van der Waals surface area contributed by atoms with Gasteiger partial charge in [-0.1, -0.05) is 54.6 Å². The zero-order valence-corrected chi connectivity index (χ0v) is 17.2. The van der Waals surface area contributed by atoms with E-state index < -0.39 is 17.5 Å². The zero-order valence-electron chi connectivity index (χ0n) is 17.2. The number of imidazole rings is 1. The van der Waals surface area contributed by atoms with Crippen molar-refractivity contribution in [3.63, 3.8) is 0 Å². The van der Waals surface area contributed by atoms with Gasteiger partial charge in [0, 0.05) is 11.1 Å². The maximum absolute atomic E-state index is 13.9. The molecule has 0 amide bonds. The van der Waals surface area contributed by atoms with Gasteiger partial charge in [0.15, 0.2) is 11.6 Å². The molecule has 0 N–H and O–H groups in total. The van der Waals surface area contributed by atoms with Crippen LogP contribution in [0.25, 0.3) is 33.5 Å². The Bertz CT molecular complexity index is 1470. The van der Waals surface area contributed by atoms with E-state index in [1.807, 2.05) is 79.7 Å². The van der Waals surface area contributed by atoms with Crippen molar-refractivity contribution in [1.29, 1.82) is 0 Å². The first-order valence-corrected chi connectivity index (χ1v) is 10.2. The maximum Gasteiger partial charge on any atom is 0.264 e. The summed E-state index contributed by atoms with van der Waals surface area (Å²) in [5.41, 5.74) is 5.08. The van der Waals surface area contributed by atoms with E-state index in [2.05, 4.69) is 0 Å². The van der Waals surface area contributed by atoms with Crippen LogP contribution in [0, 0.1) is 18.6 Å². The molecule has 1 aromatic heterocycles. The molecule has 0 saturated carbocycles. The molecular formula is C27H18F2N2O. The van der Waals surface area contributed by atoms with Crippen molar-refractivity contribution in [2.24, 2.45) is 0 Å². The van der Waals surface area contributed by atoms with Gasteiger partial charge in [0.2, 0.25) is 0 Å². The van der Waals surface area contributed by atoms with Crippen LogP contribution in [-0.4, -0.2) is 15.5 Å². The molecule has 32 heavy (non-hydrogen) atoms. The quantitative estimate of drug-likeness (QED) is 0.325. The van der Waals surface area contributed by atoms with Crippen molar-refractivity contribution in [2.45, 2.75) is 6.92 Å². The van der Waals surface area contributed by atoms with Crippen molar-refractivity contribution in [1.82, 2.24) is 9.55 Å². The van der Waals surface area contributed by atoms with Crippen molar-refractivity contribution in [2.75, 3.05) is 0 Å². The molecule has 0 unspecified atom stereocenters. The Morgan fingerprint density at radius 1 is 0.750 bits per heavy atom. The minimum Gasteiger partial charge on any atom is -0.268 e. The van der Waals surface area contributed by atoms with Gasteiger partial charge in [-0.2, -0.15) is 0 Å². The van der Waals surface area contributed by atoms with Gasteiger partial charge < -0.3 is 0 Å². The Kier molecular flexibility index (Phi) is 4.86. The van der Waals surface area contributed by atoms with E-state index in [4.69, 9.17) is 4.98 Å². The summed E-state index contributed by atoms with van der Waals surface area (Å²) in [5.74, 6) is -2.10. The summed E-state index contributed by atoms with van der Waals surface area (Å²) in [7, 11) is 0. The molecule has 0 bridgehead atoms. The van der Waals surface area contributed by atoms with Crippen LogP contribution in [0.4, 0.5) is 8.78 Å². The average Bonchev–Trinajstić information content (AvgIpc) is 3.19. The Morgan fingerprint density at radius 2 is 1.50 bits per heavy atom. The highest BCUT2D eigenvalue weighted by molar-refractivity contribution is 6.04. The Morgan fingerprint density at radius 3 is 2.28 bits per heavy atom. The van der Waals surface area contributed by atoms with Crippen molar-refractivity contribution in [3.05, 3.63) is 114 Å². The second kappa shape index (κ2) is 7.85. The molecule has 0 fully saturated rings. The van der Waals surface area contributed by atoms with Crippen molar-refractivity contribution >= 4 is 16.9 Å². The van der Waals surface area contributed by atoms with E-state index in [9.17, 15) is 13.6 Å². The number of nitrogens with zero attached hydrogens (tertiary/aromatic N) is 2. The number of halogens is 2. The molecule has 1 heterocycles. The first kappa shape index (κ1) is 19.8. The van der Waals surface area contributed by atoms with E-state index in [0.717, 1.165) is 34.4 Å². The third kappa shape index (κ3) is 3.48. The van der Waals surface area contributed by atoms with E-state index >= 15 is 0 Å². The lowest BCUT2D eigenvalue weighted by Crippen LogP contribution is -2.14. The summed E-state index contributed by atoms with van der Waals surface area (Å²) in [6.45, 7) is 1.95. The SMILES string of the molecule is Cc1ccc2c(c1)nc(-c1cccc(-c3ccccc3)c1)n2C(=O)c1ccc(F)c(F)c1. The van der Waals surface area contributed by atoms with Gasteiger partial charge in [0.05, 0.1) is 11.0 Å². The Balaban J connectivity index is 1.72. The topological polar surface area (TPSA) is 34.9 Å². The predicted octanol–water partition coefficient (Wildman–Crippen LogP) is 6.65. The smallest absolute Gasteiger partial charge is 0.264 e. The Hall–Kier alpha value is -4.12. The number of aryl methyl sites for hydroxylation is 1. The minimum absolute atomic E-state index is 0.0456. The van der Waals surface area contributed by atoms with E-state index in [1.54, 1.807) is 0 Å².